The second-order valence-electron chi connectivity index (χ2n) is 3.70. The van der Waals surface area contributed by atoms with Crippen LogP contribution in [0.5, 0.6) is 0 Å². The van der Waals surface area contributed by atoms with Crippen molar-refractivity contribution in [1.29, 1.82) is 0 Å². The van der Waals surface area contributed by atoms with Crippen molar-refractivity contribution in [3.05, 3.63) is 12.2 Å². The molecule has 0 heterocycles. The van der Waals surface area contributed by atoms with Gasteiger partial charge in [-0.15, -0.1) is 0 Å². The summed E-state index contributed by atoms with van der Waals surface area (Å²) in [5.74, 6) is -1.66. The Bertz CT molecular complexity index is 251. The van der Waals surface area contributed by atoms with Crippen molar-refractivity contribution >= 4 is 11.9 Å². The molecule has 0 saturated carbocycles. The molecule has 0 aliphatic carbocycles. The van der Waals surface area contributed by atoms with Gasteiger partial charge in [-0.1, -0.05) is 33.1 Å². The Morgan fingerprint density at radius 2 is 1.94 bits per heavy atom. The number of carboxylic acid groups (broad SMARTS) is 1. The number of unbranched alkanes of at least 4 members (excludes halogenated alkanes) is 1. The Hall–Kier alpha value is -0.320. The Morgan fingerprint density at radius 1 is 1.29 bits per heavy atom. The average molecular weight is 250 g/mol. The van der Waals surface area contributed by atoms with E-state index in [0.717, 1.165) is 31.8 Å². The Labute approximate surface area is 125 Å². The molecule has 5 heteroatoms. The van der Waals surface area contributed by atoms with Gasteiger partial charge < -0.3 is 14.6 Å². The van der Waals surface area contributed by atoms with Gasteiger partial charge in [0.25, 0.3) is 0 Å². The molecule has 0 rings (SSSR count). The van der Waals surface area contributed by atoms with Gasteiger partial charge in [0.2, 0.25) is 0 Å². The number of rotatable bonds is 8. The van der Waals surface area contributed by atoms with E-state index in [9.17, 15) is 14.7 Å². The molecule has 0 spiro atoms. The van der Waals surface area contributed by atoms with Gasteiger partial charge in [-0.05, 0) is 18.4 Å². The van der Waals surface area contributed by atoms with E-state index in [1.165, 1.54) is 0 Å². The van der Waals surface area contributed by atoms with E-state index >= 15 is 0 Å². The van der Waals surface area contributed by atoms with Crippen molar-refractivity contribution in [1.82, 2.24) is 0 Å². The largest absolute Gasteiger partial charge is 1.00 e. The Balaban J connectivity index is 0. The molecule has 92 valence electrons. The van der Waals surface area contributed by atoms with Crippen LogP contribution < -0.4 is 34.7 Å². The van der Waals surface area contributed by atoms with Crippen molar-refractivity contribution in [3.8, 4) is 0 Å². The van der Waals surface area contributed by atoms with Gasteiger partial charge >= 0.3 is 35.5 Å². The van der Waals surface area contributed by atoms with E-state index in [1.807, 2.05) is 6.92 Å². The van der Waals surface area contributed by atoms with Crippen molar-refractivity contribution in [2.45, 2.75) is 39.5 Å². The molecule has 1 unspecified atom stereocenters. The van der Waals surface area contributed by atoms with Crippen LogP contribution in [0.2, 0.25) is 0 Å². The first kappa shape index (κ1) is 19.0. The molecule has 1 atom stereocenters. The standard InChI is InChI=1S/C12H20O4.Na/c1-3-5-6-10(4-2)9-16-12(15)8-7-11(13)14;/h7-8,10H,3-6,9H2,1-2H3,(H,13,14);/q;+1/p-1/b8-7-;. The molecule has 0 aliphatic heterocycles. The number of hydrogen-bond donors (Lipinski definition) is 0. The van der Waals surface area contributed by atoms with Gasteiger partial charge in [-0.3, -0.25) is 0 Å². The molecule has 0 fully saturated rings. The van der Waals surface area contributed by atoms with Gasteiger partial charge in [0, 0.05) is 6.08 Å². The van der Waals surface area contributed by atoms with Crippen molar-refractivity contribution < 1.29 is 49.0 Å². The molecule has 0 N–H and O–H groups in total. The van der Waals surface area contributed by atoms with E-state index in [0.29, 0.717) is 18.6 Å². The fraction of sp³-hybridized carbons (Fsp3) is 0.667. The number of hydrogen-bond acceptors (Lipinski definition) is 4. The second-order valence-corrected chi connectivity index (χ2v) is 3.70. The van der Waals surface area contributed by atoms with Crippen molar-refractivity contribution in [2.75, 3.05) is 6.61 Å². The summed E-state index contributed by atoms with van der Waals surface area (Å²) in [5.41, 5.74) is 0. The van der Waals surface area contributed by atoms with Crippen LogP contribution in [-0.2, 0) is 14.3 Å². The summed E-state index contributed by atoms with van der Waals surface area (Å²) < 4.78 is 4.93. The zero-order valence-corrected chi connectivity index (χ0v) is 12.9. The van der Waals surface area contributed by atoms with Crippen molar-refractivity contribution in [2.24, 2.45) is 5.92 Å². The minimum absolute atomic E-state index is 0. The van der Waals surface area contributed by atoms with E-state index in [1.54, 1.807) is 0 Å². The van der Waals surface area contributed by atoms with E-state index in [4.69, 9.17) is 4.74 Å². The molecule has 0 aromatic carbocycles. The minimum Gasteiger partial charge on any atom is -0.545 e. The summed E-state index contributed by atoms with van der Waals surface area (Å²) in [4.78, 5) is 21.1. The summed E-state index contributed by atoms with van der Waals surface area (Å²) in [6.45, 7) is 4.51. The molecule has 0 bridgehead atoms. The summed E-state index contributed by atoms with van der Waals surface area (Å²) in [6.07, 6.45) is 5.78. The van der Waals surface area contributed by atoms with Crippen LogP contribution >= 0.6 is 0 Å². The summed E-state index contributed by atoms with van der Waals surface area (Å²) >= 11 is 0. The van der Waals surface area contributed by atoms with E-state index in [-0.39, 0.29) is 29.6 Å². The predicted molar refractivity (Wildman–Crippen MR) is 58.4 cm³/mol. The molecular formula is C12H19NaO4. The minimum atomic E-state index is -1.39. The molecule has 0 saturated heterocycles. The SMILES string of the molecule is CCCCC(CC)COC(=O)/C=C\C(=O)[O-].[Na+]. The van der Waals surface area contributed by atoms with Gasteiger partial charge in [0.05, 0.1) is 12.6 Å². The first-order valence-corrected chi connectivity index (χ1v) is 5.65. The molecule has 4 nitrogen and oxygen atoms in total. The van der Waals surface area contributed by atoms with E-state index < -0.39 is 11.9 Å². The topological polar surface area (TPSA) is 66.4 Å². The number of aliphatic carboxylic acids is 1. The van der Waals surface area contributed by atoms with Crippen LogP contribution in [0.3, 0.4) is 0 Å². The number of carboxylic acids is 1. The van der Waals surface area contributed by atoms with Gasteiger partial charge in [-0.2, -0.15) is 0 Å². The van der Waals surface area contributed by atoms with Crippen LogP contribution in [0.1, 0.15) is 39.5 Å². The number of carbonyl (C=O) groups excluding carboxylic acids is 2. The van der Waals surface area contributed by atoms with Gasteiger partial charge in [-0.25, -0.2) is 4.79 Å². The monoisotopic (exact) mass is 250 g/mol. The third kappa shape index (κ3) is 11.9. The van der Waals surface area contributed by atoms with Gasteiger partial charge in [0.1, 0.15) is 0 Å². The molecule has 0 aromatic heterocycles. The normalized spacial score (nSPS) is 11.9. The molecule has 17 heavy (non-hydrogen) atoms. The predicted octanol–water partition coefficient (Wildman–Crippen LogP) is -1.94. The van der Waals surface area contributed by atoms with E-state index in [2.05, 4.69) is 6.92 Å². The maximum Gasteiger partial charge on any atom is 1.00 e. The van der Waals surface area contributed by atoms with Crippen LogP contribution in [0.25, 0.3) is 0 Å². The molecule has 0 radical (unpaired) electrons. The zero-order chi connectivity index (χ0) is 12.4. The van der Waals surface area contributed by atoms with Crippen molar-refractivity contribution in [3.63, 3.8) is 0 Å². The first-order valence-electron chi connectivity index (χ1n) is 5.65. The number of esters is 1. The zero-order valence-electron chi connectivity index (χ0n) is 10.9. The summed E-state index contributed by atoms with van der Waals surface area (Å²) in [6, 6.07) is 0. The molecule has 0 amide bonds. The molecular weight excluding hydrogens is 231 g/mol. The third-order valence-corrected chi connectivity index (χ3v) is 2.36. The number of carbonyl (C=O) groups is 2. The first-order chi connectivity index (χ1) is 7.60. The average Bonchev–Trinajstić information content (AvgIpc) is 2.26. The Morgan fingerprint density at radius 3 is 2.41 bits per heavy atom. The van der Waals surface area contributed by atoms with Gasteiger partial charge in [0.15, 0.2) is 0 Å². The second kappa shape index (κ2) is 12.1. The van der Waals surface area contributed by atoms with Crippen LogP contribution in [-0.4, -0.2) is 18.5 Å². The molecule has 0 aromatic rings. The fourth-order valence-corrected chi connectivity index (χ4v) is 1.28. The summed E-state index contributed by atoms with van der Waals surface area (Å²) in [5, 5.41) is 10.0. The maximum atomic E-state index is 11.0. The van der Waals surface area contributed by atoms with Crippen LogP contribution in [0, 0.1) is 5.92 Å². The van der Waals surface area contributed by atoms with Crippen LogP contribution in [0.15, 0.2) is 12.2 Å². The Kier molecular flexibility index (Phi) is 13.6. The maximum absolute atomic E-state index is 11.0. The summed E-state index contributed by atoms with van der Waals surface area (Å²) in [7, 11) is 0. The van der Waals surface area contributed by atoms with Crippen LogP contribution in [0.4, 0.5) is 0 Å². The quantitative estimate of drug-likeness (QED) is 0.285. The third-order valence-electron chi connectivity index (χ3n) is 2.36. The number of ether oxygens (including phenoxy) is 1. The smallest absolute Gasteiger partial charge is 0.545 e. The molecule has 0 aliphatic rings. The fourth-order valence-electron chi connectivity index (χ4n) is 1.28.